The van der Waals surface area contributed by atoms with Crippen LogP contribution in [-0.2, 0) is 0 Å². The van der Waals surface area contributed by atoms with Gasteiger partial charge in [0.25, 0.3) is 0 Å². The second-order valence-corrected chi connectivity index (χ2v) is 4.49. The van der Waals surface area contributed by atoms with Crippen molar-refractivity contribution in [1.82, 2.24) is 10.3 Å². The van der Waals surface area contributed by atoms with Crippen molar-refractivity contribution in [3.05, 3.63) is 27.5 Å². The summed E-state index contributed by atoms with van der Waals surface area (Å²) in [6, 6.07) is 2.24. The van der Waals surface area contributed by atoms with Gasteiger partial charge in [-0.1, -0.05) is 11.6 Å². The van der Waals surface area contributed by atoms with Crippen LogP contribution in [0.4, 0.5) is 0 Å². The highest BCUT2D eigenvalue weighted by Gasteiger charge is 2.19. The van der Waals surface area contributed by atoms with Gasteiger partial charge < -0.3 is 5.32 Å². The highest BCUT2D eigenvalue weighted by atomic mass is 79.9. The Bertz CT molecular complexity index is 310. The molecule has 1 aromatic heterocycles. The number of rotatable bonds is 1. The largest absolute Gasteiger partial charge is 0.309 e. The average Bonchev–Trinajstić information content (AvgIpc) is 2.56. The molecule has 0 saturated carbocycles. The molecule has 1 aliphatic rings. The second-order valence-electron chi connectivity index (χ2n) is 3.17. The summed E-state index contributed by atoms with van der Waals surface area (Å²) in [6.45, 7) is 1.07. The highest BCUT2D eigenvalue weighted by Crippen LogP contribution is 2.28. The minimum Gasteiger partial charge on any atom is -0.309 e. The lowest BCUT2D eigenvalue weighted by Gasteiger charge is -2.10. The number of hydrogen-bond donors (Lipinski definition) is 1. The molecule has 70 valence electrons. The Hall–Kier alpha value is -0.120. The number of halogens is 2. The zero-order chi connectivity index (χ0) is 9.26. The number of nitrogens with zero attached hydrogens (tertiary/aromatic N) is 1. The quantitative estimate of drug-likeness (QED) is 0.841. The van der Waals surface area contributed by atoms with Crippen molar-refractivity contribution in [2.45, 2.75) is 18.9 Å². The monoisotopic (exact) mass is 260 g/mol. The lowest BCUT2D eigenvalue weighted by Crippen LogP contribution is -2.14. The SMILES string of the molecule is Clc1cc(Br)cnc1[C@H]1CCCN1. The fourth-order valence-corrected chi connectivity index (χ4v) is 2.36. The summed E-state index contributed by atoms with van der Waals surface area (Å²) in [7, 11) is 0. The summed E-state index contributed by atoms with van der Waals surface area (Å²) < 4.78 is 0.930. The van der Waals surface area contributed by atoms with E-state index in [1.54, 1.807) is 6.20 Å². The Labute approximate surface area is 90.8 Å². The number of pyridine rings is 1. The van der Waals surface area contributed by atoms with E-state index in [0.717, 1.165) is 28.2 Å². The lowest BCUT2D eigenvalue weighted by molar-refractivity contribution is 0.628. The molecule has 1 aliphatic heterocycles. The van der Waals surface area contributed by atoms with Gasteiger partial charge in [-0.15, -0.1) is 0 Å². The molecule has 0 bridgehead atoms. The van der Waals surface area contributed by atoms with E-state index in [2.05, 4.69) is 26.2 Å². The molecule has 0 amide bonds. The number of aromatic nitrogens is 1. The lowest BCUT2D eigenvalue weighted by atomic mass is 10.1. The predicted octanol–water partition coefficient (Wildman–Crippen LogP) is 2.92. The summed E-state index contributed by atoms with van der Waals surface area (Å²) in [4.78, 5) is 4.32. The van der Waals surface area contributed by atoms with Gasteiger partial charge in [-0.2, -0.15) is 0 Å². The minimum atomic E-state index is 0.348. The maximum atomic E-state index is 6.08. The number of nitrogens with one attached hydrogen (secondary N) is 1. The van der Waals surface area contributed by atoms with E-state index in [0.29, 0.717) is 6.04 Å². The van der Waals surface area contributed by atoms with Crippen molar-refractivity contribution in [2.24, 2.45) is 0 Å². The van der Waals surface area contributed by atoms with E-state index in [1.807, 2.05) is 6.07 Å². The van der Waals surface area contributed by atoms with Crippen LogP contribution in [0.3, 0.4) is 0 Å². The van der Waals surface area contributed by atoms with E-state index < -0.39 is 0 Å². The van der Waals surface area contributed by atoms with Gasteiger partial charge in [0, 0.05) is 10.7 Å². The van der Waals surface area contributed by atoms with E-state index in [4.69, 9.17) is 11.6 Å². The molecular formula is C9H10BrClN2. The van der Waals surface area contributed by atoms with Crippen LogP contribution in [0.1, 0.15) is 24.6 Å². The summed E-state index contributed by atoms with van der Waals surface area (Å²) in [5.41, 5.74) is 0.974. The Morgan fingerprint density at radius 2 is 2.46 bits per heavy atom. The first-order valence-electron chi connectivity index (χ1n) is 4.31. The highest BCUT2D eigenvalue weighted by molar-refractivity contribution is 9.10. The third-order valence-corrected chi connectivity index (χ3v) is 2.96. The Morgan fingerprint density at radius 1 is 1.62 bits per heavy atom. The van der Waals surface area contributed by atoms with E-state index in [9.17, 15) is 0 Å². The zero-order valence-electron chi connectivity index (χ0n) is 7.06. The first kappa shape index (κ1) is 9.44. The van der Waals surface area contributed by atoms with Gasteiger partial charge in [0.1, 0.15) is 0 Å². The standard InChI is InChI=1S/C9H10BrClN2/c10-6-4-7(11)9(13-5-6)8-2-1-3-12-8/h4-5,8,12H,1-3H2/t8-/m1/s1. The summed E-state index contributed by atoms with van der Waals surface area (Å²) >= 11 is 9.41. The number of hydrogen-bond acceptors (Lipinski definition) is 2. The van der Waals surface area contributed by atoms with Crippen molar-refractivity contribution in [2.75, 3.05) is 6.54 Å². The molecule has 2 rings (SSSR count). The molecule has 0 radical (unpaired) electrons. The Morgan fingerprint density at radius 3 is 3.08 bits per heavy atom. The molecule has 1 aromatic rings. The maximum absolute atomic E-state index is 6.08. The third kappa shape index (κ3) is 2.03. The molecule has 0 spiro atoms. The fourth-order valence-electron chi connectivity index (χ4n) is 1.60. The molecule has 0 aliphatic carbocycles. The normalized spacial score (nSPS) is 22.2. The van der Waals surface area contributed by atoms with Crippen molar-refractivity contribution in [3.63, 3.8) is 0 Å². The Kier molecular flexibility index (Phi) is 2.86. The van der Waals surface area contributed by atoms with Crippen LogP contribution in [0, 0.1) is 0 Å². The fraction of sp³-hybridized carbons (Fsp3) is 0.444. The predicted molar refractivity (Wildman–Crippen MR) is 56.9 cm³/mol. The van der Waals surface area contributed by atoms with E-state index >= 15 is 0 Å². The molecule has 2 nitrogen and oxygen atoms in total. The summed E-state index contributed by atoms with van der Waals surface area (Å²) in [5.74, 6) is 0. The van der Waals surface area contributed by atoms with Gasteiger partial charge in [0.2, 0.25) is 0 Å². The molecule has 1 atom stereocenters. The minimum absolute atomic E-state index is 0.348. The molecule has 2 heterocycles. The Balaban J connectivity index is 2.29. The average molecular weight is 262 g/mol. The van der Waals surface area contributed by atoms with E-state index in [-0.39, 0.29) is 0 Å². The molecule has 1 fully saturated rings. The molecule has 0 unspecified atom stereocenters. The van der Waals surface area contributed by atoms with Gasteiger partial charge in [0.15, 0.2) is 0 Å². The van der Waals surface area contributed by atoms with Gasteiger partial charge in [0.05, 0.1) is 16.8 Å². The molecule has 0 aromatic carbocycles. The molecule has 4 heteroatoms. The third-order valence-electron chi connectivity index (χ3n) is 2.23. The summed E-state index contributed by atoms with van der Waals surface area (Å²) in [5, 5.41) is 4.12. The maximum Gasteiger partial charge on any atom is 0.0759 e. The first-order valence-corrected chi connectivity index (χ1v) is 5.49. The molecule has 1 saturated heterocycles. The van der Waals surface area contributed by atoms with Gasteiger partial charge >= 0.3 is 0 Å². The van der Waals surface area contributed by atoms with Crippen molar-refractivity contribution in [3.8, 4) is 0 Å². The van der Waals surface area contributed by atoms with Crippen LogP contribution in [0.2, 0.25) is 5.02 Å². The molecule has 1 N–H and O–H groups in total. The van der Waals surface area contributed by atoms with Crippen LogP contribution in [-0.4, -0.2) is 11.5 Å². The smallest absolute Gasteiger partial charge is 0.0759 e. The molecule has 13 heavy (non-hydrogen) atoms. The van der Waals surface area contributed by atoms with Crippen LogP contribution in [0.25, 0.3) is 0 Å². The zero-order valence-corrected chi connectivity index (χ0v) is 9.40. The summed E-state index contributed by atoms with van der Waals surface area (Å²) in [6.07, 6.45) is 4.13. The van der Waals surface area contributed by atoms with E-state index in [1.165, 1.54) is 6.42 Å². The van der Waals surface area contributed by atoms with Crippen molar-refractivity contribution < 1.29 is 0 Å². The topological polar surface area (TPSA) is 24.9 Å². The van der Waals surface area contributed by atoms with Gasteiger partial charge in [-0.3, -0.25) is 4.98 Å². The first-order chi connectivity index (χ1) is 6.27. The van der Waals surface area contributed by atoms with Crippen LogP contribution in [0.15, 0.2) is 16.7 Å². The van der Waals surface area contributed by atoms with Gasteiger partial charge in [-0.25, -0.2) is 0 Å². The van der Waals surface area contributed by atoms with Gasteiger partial charge in [-0.05, 0) is 41.4 Å². The van der Waals surface area contributed by atoms with Crippen LogP contribution >= 0.6 is 27.5 Å². The molecular weight excluding hydrogens is 251 g/mol. The van der Waals surface area contributed by atoms with Crippen LogP contribution < -0.4 is 5.32 Å². The van der Waals surface area contributed by atoms with Crippen molar-refractivity contribution >= 4 is 27.5 Å². The second kappa shape index (κ2) is 3.95. The van der Waals surface area contributed by atoms with Crippen molar-refractivity contribution in [1.29, 1.82) is 0 Å². The van der Waals surface area contributed by atoms with Crippen LogP contribution in [0.5, 0.6) is 0 Å².